The fraction of sp³-hybridized carbons (Fsp3) is 0.688. The van der Waals surface area contributed by atoms with Gasteiger partial charge in [-0.15, -0.1) is 0 Å². The van der Waals surface area contributed by atoms with Crippen LogP contribution in [0.5, 0.6) is 0 Å². The van der Waals surface area contributed by atoms with Crippen molar-refractivity contribution in [2.45, 2.75) is 52.1 Å². The normalized spacial score (nSPS) is 19.4. The summed E-state index contributed by atoms with van der Waals surface area (Å²) in [4.78, 5) is 6.95. The molecule has 1 aromatic rings. The fourth-order valence-corrected chi connectivity index (χ4v) is 2.89. The molecule has 0 bridgehead atoms. The van der Waals surface area contributed by atoms with Gasteiger partial charge < -0.3 is 10.2 Å². The molecule has 2 rings (SSSR count). The Hall–Kier alpha value is -1.09. The summed E-state index contributed by atoms with van der Waals surface area (Å²) in [7, 11) is 4.15. The highest BCUT2D eigenvalue weighted by molar-refractivity contribution is 5.39. The van der Waals surface area contributed by atoms with Gasteiger partial charge in [0.1, 0.15) is 5.82 Å². The van der Waals surface area contributed by atoms with E-state index in [1.807, 2.05) is 13.2 Å². The molecule has 1 saturated carbocycles. The molecule has 0 aliphatic heterocycles. The largest absolute Gasteiger partial charge is 0.357 e. The summed E-state index contributed by atoms with van der Waals surface area (Å²) in [5.74, 6) is 1.10. The van der Waals surface area contributed by atoms with Gasteiger partial charge in [-0.05, 0) is 49.8 Å². The van der Waals surface area contributed by atoms with Gasteiger partial charge in [0, 0.05) is 25.8 Å². The van der Waals surface area contributed by atoms with Crippen molar-refractivity contribution >= 4 is 5.82 Å². The lowest BCUT2D eigenvalue weighted by Gasteiger charge is -2.39. The lowest BCUT2D eigenvalue weighted by atomic mass is 9.75. The van der Waals surface area contributed by atoms with Crippen LogP contribution < -0.4 is 10.2 Å². The van der Waals surface area contributed by atoms with Crippen LogP contribution in [-0.2, 0) is 6.54 Å². The van der Waals surface area contributed by atoms with Gasteiger partial charge in [-0.3, -0.25) is 0 Å². The number of hydrogen-bond acceptors (Lipinski definition) is 3. The monoisotopic (exact) mass is 261 g/mol. The molecule has 3 nitrogen and oxygen atoms in total. The molecule has 0 spiro atoms. The molecule has 0 saturated heterocycles. The van der Waals surface area contributed by atoms with Crippen LogP contribution in [-0.4, -0.2) is 25.1 Å². The summed E-state index contributed by atoms with van der Waals surface area (Å²) < 4.78 is 0. The smallest absolute Gasteiger partial charge is 0.128 e. The molecule has 0 unspecified atom stereocenters. The Morgan fingerprint density at radius 2 is 2.00 bits per heavy atom. The van der Waals surface area contributed by atoms with E-state index in [-0.39, 0.29) is 0 Å². The highest BCUT2D eigenvalue weighted by Crippen LogP contribution is 2.37. The quantitative estimate of drug-likeness (QED) is 0.902. The lowest BCUT2D eigenvalue weighted by Crippen LogP contribution is -2.37. The molecular formula is C16H27N3. The Balaban J connectivity index is 1.97. The van der Waals surface area contributed by atoms with Crippen LogP contribution in [0.3, 0.4) is 0 Å². The second-order valence-electron chi connectivity index (χ2n) is 6.56. The topological polar surface area (TPSA) is 28.2 Å². The highest BCUT2D eigenvalue weighted by Gasteiger charge is 2.29. The third-order valence-corrected chi connectivity index (χ3v) is 4.41. The molecule has 19 heavy (non-hydrogen) atoms. The minimum Gasteiger partial charge on any atom is -0.357 e. The molecule has 1 heterocycles. The Kier molecular flexibility index (Phi) is 4.46. The summed E-state index contributed by atoms with van der Waals surface area (Å²) >= 11 is 0. The zero-order valence-electron chi connectivity index (χ0n) is 12.7. The van der Waals surface area contributed by atoms with E-state index in [2.05, 4.69) is 48.2 Å². The minimum atomic E-state index is 0.529. The van der Waals surface area contributed by atoms with Gasteiger partial charge >= 0.3 is 0 Å². The lowest BCUT2D eigenvalue weighted by molar-refractivity contribution is 0.222. The summed E-state index contributed by atoms with van der Waals surface area (Å²) in [6.07, 6.45) is 7.18. The van der Waals surface area contributed by atoms with Gasteiger partial charge in [0.2, 0.25) is 0 Å². The van der Waals surface area contributed by atoms with E-state index < -0.39 is 0 Å². The van der Waals surface area contributed by atoms with E-state index in [0.29, 0.717) is 11.5 Å². The van der Waals surface area contributed by atoms with Gasteiger partial charge in [0.15, 0.2) is 0 Å². The third kappa shape index (κ3) is 3.69. The first-order valence-electron chi connectivity index (χ1n) is 7.34. The molecule has 1 aromatic heterocycles. The van der Waals surface area contributed by atoms with Gasteiger partial charge in [0.05, 0.1) is 0 Å². The second kappa shape index (κ2) is 5.91. The third-order valence-electron chi connectivity index (χ3n) is 4.41. The summed E-state index contributed by atoms with van der Waals surface area (Å²) in [6, 6.07) is 4.96. The SMILES string of the molecule is CNCc1ccc(N(C)C2CCC(C)(C)CC2)nc1. The maximum Gasteiger partial charge on any atom is 0.128 e. The first kappa shape index (κ1) is 14.3. The molecule has 106 valence electrons. The summed E-state index contributed by atoms with van der Waals surface area (Å²) in [5.41, 5.74) is 1.77. The van der Waals surface area contributed by atoms with Crippen LogP contribution in [0.4, 0.5) is 5.82 Å². The van der Waals surface area contributed by atoms with Gasteiger partial charge in [0.25, 0.3) is 0 Å². The number of nitrogens with zero attached hydrogens (tertiary/aromatic N) is 2. The van der Waals surface area contributed by atoms with E-state index >= 15 is 0 Å². The maximum atomic E-state index is 4.59. The molecule has 3 heteroatoms. The fourth-order valence-electron chi connectivity index (χ4n) is 2.89. The van der Waals surface area contributed by atoms with Crippen molar-refractivity contribution in [3.05, 3.63) is 23.9 Å². The predicted molar refractivity (Wildman–Crippen MR) is 81.4 cm³/mol. The van der Waals surface area contributed by atoms with Crippen LogP contribution in [0.1, 0.15) is 45.1 Å². The van der Waals surface area contributed by atoms with Crippen molar-refractivity contribution in [3.63, 3.8) is 0 Å². The Labute approximate surface area is 117 Å². The molecule has 0 atom stereocenters. The number of anilines is 1. The average Bonchev–Trinajstić information content (AvgIpc) is 2.39. The van der Waals surface area contributed by atoms with E-state index in [9.17, 15) is 0 Å². The molecule has 0 amide bonds. The van der Waals surface area contributed by atoms with E-state index in [1.54, 1.807) is 0 Å². The van der Waals surface area contributed by atoms with Crippen molar-refractivity contribution in [1.29, 1.82) is 0 Å². The Bertz CT molecular complexity index is 387. The van der Waals surface area contributed by atoms with Crippen LogP contribution in [0.2, 0.25) is 0 Å². The Morgan fingerprint density at radius 1 is 1.32 bits per heavy atom. The standard InChI is InChI=1S/C16H27N3/c1-16(2)9-7-14(8-10-16)19(4)15-6-5-13(11-17-3)12-18-15/h5-6,12,14,17H,7-11H2,1-4H3. The second-order valence-corrected chi connectivity index (χ2v) is 6.56. The number of hydrogen-bond donors (Lipinski definition) is 1. The van der Waals surface area contributed by atoms with Crippen LogP contribution >= 0.6 is 0 Å². The van der Waals surface area contributed by atoms with E-state index in [0.717, 1.165) is 12.4 Å². The van der Waals surface area contributed by atoms with Crippen LogP contribution in [0.15, 0.2) is 18.3 Å². The maximum absolute atomic E-state index is 4.59. The molecule has 1 N–H and O–H groups in total. The van der Waals surface area contributed by atoms with Crippen LogP contribution in [0, 0.1) is 5.41 Å². The van der Waals surface area contributed by atoms with Gasteiger partial charge in [-0.1, -0.05) is 19.9 Å². The number of pyridine rings is 1. The predicted octanol–water partition coefficient (Wildman–Crippen LogP) is 3.21. The summed E-state index contributed by atoms with van der Waals surface area (Å²) in [5, 5.41) is 3.15. The first-order valence-corrected chi connectivity index (χ1v) is 7.34. The van der Waals surface area contributed by atoms with Gasteiger partial charge in [-0.25, -0.2) is 4.98 Å². The minimum absolute atomic E-state index is 0.529. The number of rotatable bonds is 4. The van der Waals surface area contributed by atoms with Crippen molar-refractivity contribution in [2.75, 3.05) is 19.0 Å². The van der Waals surface area contributed by atoms with Gasteiger partial charge in [-0.2, -0.15) is 0 Å². The zero-order chi connectivity index (χ0) is 13.9. The first-order chi connectivity index (χ1) is 9.02. The highest BCUT2D eigenvalue weighted by atomic mass is 15.2. The molecule has 1 fully saturated rings. The molecule has 0 radical (unpaired) electrons. The zero-order valence-corrected chi connectivity index (χ0v) is 12.7. The number of aromatic nitrogens is 1. The molecule has 1 aliphatic rings. The van der Waals surface area contributed by atoms with Crippen molar-refractivity contribution in [3.8, 4) is 0 Å². The van der Waals surface area contributed by atoms with E-state index in [1.165, 1.54) is 31.2 Å². The van der Waals surface area contributed by atoms with Crippen molar-refractivity contribution in [2.24, 2.45) is 5.41 Å². The summed E-state index contributed by atoms with van der Waals surface area (Å²) in [6.45, 7) is 5.65. The van der Waals surface area contributed by atoms with Crippen LogP contribution in [0.25, 0.3) is 0 Å². The van der Waals surface area contributed by atoms with E-state index in [4.69, 9.17) is 0 Å². The molecule has 0 aromatic carbocycles. The van der Waals surface area contributed by atoms with Crippen molar-refractivity contribution in [1.82, 2.24) is 10.3 Å². The average molecular weight is 261 g/mol. The number of nitrogens with one attached hydrogen (secondary N) is 1. The Morgan fingerprint density at radius 3 is 2.53 bits per heavy atom. The van der Waals surface area contributed by atoms with Crippen molar-refractivity contribution < 1.29 is 0 Å². The molecular weight excluding hydrogens is 234 g/mol. The molecule has 1 aliphatic carbocycles.